The lowest BCUT2D eigenvalue weighted by molar-refractivity contribution is -0.116. The summed E-state index contributed by atoms with van der Waals surface area (Å²) < 4.78 is 5.46. The number of hydrogen-bond donors (Lipinski definition) is 1. The number of amides is 3. The van der Waals surface area contributed by atoms with Crippen molar-refractivity contribution >= 4 is 34.2 Å². The topological polar surface area (TPSA) is 91.8 Å². The van der Waals surface area contributed by atoms with E-state index >= 15 is 0 Å². The summed E-state index contributed by atoms with van der Waals surface area (Å²) in [7, 11) is 0. The van der Waals surface area contributed by atoms with Crippen molar-refractivity contribution in [1.29, 1.82) is 0 Å². The van der Waals surface area contributed by atoms with Crippen LogP contribution in [-0.2, 0) is 16.1 Å². The standard InChI is InChI=1S/C26H26N4O4S/c31-22(11-6-12-30-24(32)19-9-4-5-10-20(19)25(30)33)27-26-28-23(18-7-2-1-3-8-18)21(35-26)17-29-13-15-34-16-14-29/h1-5,7-10H,6,11-17H2,(H,27,28,31). The summed E-state index contributed by atoms with van der Waals surface area (Å²) >= 11 is 1.48. The first-order valence-electron chi connectivity index (χ1n) is 11.7. The Balaban J connectivity index is 1.21. The Morgan fingerprint density at radius 3 is 2.31 bits per heavy atom. The van der Waals surface area contributed by atoms with Gasteiger partial charge in [-0.05, 0) is 18.6 Å². The maximum absolute atomic E-state index is 12.7. The first-order valence-corrected chi connectivity index (χ1v) is 12.5. The molecular formula is C26H26N4O4S. The number of hydrogen-bond acceptors (Lipinski definition) is 7. The van der Waals surface area contributed by atoms with E-state index in [4.69, 9.17) is 9.72 Å². The van der Waals surface area contributed by atoms with Crippen LogP contribution in [0.15, 0.2) is 54.6 Å². The fourth-order valence-corrected chi connectivity index (χ4v) is 5.36. The van der Waals surface area contributed by atoms with E-state index in [2.05, 4.69) is 10.2 Å². The predicted molar refractivity (Wildman–Crippen MR) is 133 cm³/mol. The highest BCUT2D eigenvalue weighted by molar-refractivity contribution is 7.16. The number of fused-ring (bicyclic) bond motifs is 1. The van der Waals surface area contributed by atoms with Crippen LogP contribution >= 0.6 is 11.3 Å². The van der Waals surface area contributed by atoms with Crippen LogP contribution in [0.5, 0.6) is 0 Å². The van der Waals surface area contributed by atoms with Crippen molar-refractivity contribution in [2.45, 2.75) is 19.4 Å². The number of imide groups is 1. The molecule has 1 saturated heterocycles. The monoisotopic (exact) mass is 490 g/mol. The lowest BCUT2D eigenvalue weighted by Crippen LogP contribution is -2.35. The van der Waals surface area contributed by atoms with Crippen LogP contribution in [0.4, 0.5) is 5.13 Å². The summed E-state index contributed by atoms with van der Waals surface area (Å²) in [6.07, 6.45) is 0.571. The van der Waals surface area contributed by atoms with Crippen LogP contribution in [-0.4, -0.2) is 65.4 Å². The second-order valence-electron chi connectivity index (χ2n) is 8.50. The third-order valence-electron chi connectivity index (χ3n) is 6.13. The molecular weight excluding hydrogens is 464 g/mol. The molecule has 0 aliphatic carbocycles. The second kappa shape index (κ2) is 10.5. The third kappa shape index (κ3) is 5.17. The van der Waals surface area contributed by atoms with Gasteiger partial charge in [0, 0.05) is 43.0 Å². The fraction of sp³-hybridized carbons (Fsp3) is 0.308. The molecule has 35 heavy (non-hydrogen) atoms. The summed E-state index contributed by atoms with van der Waals surface area (Å²) in [4.78, 5) is 47.0. The molecule has 1 aromatic heterocycles. The number of aromatic nitrogens is 1. The van der Waals surface area contributed by atoms with Gasteiger partial charge in [0.05, 0.1) is 30.0 Å². The molecule has 8 nitrogen and oxygen atoms in total. The van der Waals surface area contributed by atoms with Gasteiger partial charge >= 0.3 is 0 Å². The predicted octanol–water partition coefficient (Wildman–Crippen LogP) is 3.66. The minimum absolute atomic E-state index is 0.187. The fourth-order valence-electron chi connectivity index (χ4n) is 4.32. The number of thiazole rings is 1. The van der Waals surface area contributed by atoms with Crippen molar-refractivity contribution in [3.63, 3.8) is 0 Å². The van der Waals surface area contributed by atoms with Gasteiger partial charge in [0.15, 0.2) is 5.13 Å². The third-order valence-corrected chi connectivity index (χ3v) is 7.08. The van der Waals surface area contributed by atoms with E-state index in [1.54, 1.807) is 24.3 Å². The minimum Gasteiger partial charge on any atom is -0.379 e. The van der Waals surface area contributed by atoms with E-state index in [-0.39, 0.29) is 30.7 Å². The Labute approximate surface area is 207 Å². The van der Waals surface area contributed by atoms with Gasteiger partial charge in [0.1, 0.15) is 0 Å². The molecule has 1 N–H and O–H groups in total. The lowest BCUT2D eigenvalue weighted by atomic mass is 10.1. The molecule has 0 spiro atoms. The molecule has 2 aliphatic heterocycles. The first-order chi connectivity index (χ1) is 17.1. The zero-order valence-electron chi connectivity index (χ0n) is 19.2. The Bertz CT molecular complexity index is 1200. The second-order valence-corrected chi connectivity index (χ2v) is 9.59. The first kappa shape index (κ1) is 23.3. The molecule has 0 radical (unpaired) electrons. The number of benzene rings is 2. The molecule has 3 amide bonds. The van der Waals surface area contributed by atoms with E-state index in [1.165, 1.54) is 16.2 Å². The molecule has 0 saturated carbocycles. The number of nitrogens with zero attached hydrogens (tertiary/aromatic N) is 3. The van der Waals surface area contributed by atoms with Gasteiger partial charge in [0.2, 0.25) is 5.91 Å². The Morgan fingerprint density at radius 1 is 0.971 bits per heavy atom. The van der Waals surface area contributed by atoms with Crippen molar-refractivity contribution in [2.24, 2.45) is 0 Å². The van der Waals surface area contributed by atoms with E-state index in [0.717, 1.165) is 49.0 Å². The molecule has 180 valence electrons. The summed E-state index contributed by atoms with van der Waals surface area (Å²) in [6, 6.07) is 16.8. The number of nitrogens with one attached hydrogen (secondary N) is 1. The van der Waals surface area contributed by atoms with Gasteiger partial charge in [-0.2, -0.15) is 0 Å². The molecule has 5 rings (SSSR count). The van der Waals surface area contributed by atoms with E-state index < -0.39 is 0 Å². The maximum atomic E-state index is 12.7. The molecule has 3 heterocycles. The largest absolute Gasteiger partial charge is 0.379 e. The summed E-state index contributed by atoms with van der Waals surface area (Å²) in [5, 5.41) is 3.47. The van der Waals surface area contributed by atoms with Crippen molar-refractivity contribution in [2.75, 3.05) is 38.2 Å². The van der Waals surface area contributed by atoms with Gasteiger partial charge in [0.25, 0.3) is 11.8 Å². The maximum Gasteiger partial charge on any atom is 0.261 e. The van der Waals surface area contributed by atoms with Gasteiger partial charge in [-0.1, -0.05) is 53.8 Å². The van der Waals surface area contributed by atoms with Crippen LogP contribution < -0.4 is 5.32 Å². The van der Waals surface area contributed by atoms with Crippen molar-refractivity contribution in [3.8, 4) is 11.3 Å². The van der Waals surface area contributed by atoms with Gasteiger partial charge in [-0.3, -0.25) is 24.2 Å². The SMILES string of the molecule is O=C(CCCN1C(=O)c2ccccc2C1=O)Nc1nc(-c2ccccc2)c(CN2CCOCC2)s1. The van der Waals surface area contributed by atoms with Gasteiger partial charge < -0.3 is 10.1 Å². The average molecular weight is 491 g/mol. The zero-order valence-corrected chi connectivity index (χ0v) is 20.1. The van der Waals surface area contributed by atoms with Crippen LogP contribution in [0, 0.1) is 0 Å². The Morgan fingerprint density at radius 2 is 1.63 bits per heavy atom. The molecule has 2 aromatic carbocycles. The number of carbonyl (C=O) groups is 3. The minimum atomic E-state index is -0.300. The van der Waals surface area contributed by atoms with Crippen LogP contribution in [0.3, 0.4) is 0 Å². The number of ether oxygens (including phenoxy) is 1. The van der Waals surface area contributed by atoms with Crippen LogP contribution in [0.25, 0.3) is 11.3 Å². The van der Waals surface area contributed by atoms with E-state index in [9.17, 15) is 14.4 Å². The molecule has 2 aliphatic rings. The number of anilines is 1. The summed E-state index contributed by atoms with van der Waals surface area (Å²) in [5.74, 6) is -0.787. The molecule has 3 aromatic rings. The lowest BCUT2D eigenvalue weighted by Gasteiger charge is -2.26. The number of rotatable bonds is 8. The van der Waals surface area contributed by atoms with Crippen LogP contribution in [0.1, 0.15) is 38.4 Å². The van der Waals surface area contributed by atoms with E-state index in [1.807, 2.05) is 30.3 Å². The van der Waals surface area contributed by atoms with Gasteiger partial charge in [-0.25, -0.2) is 4.98 Å². The molecule has 1 fully saturated rings. The highest BCUT2D eigenvalue weighted by atomic mass is 32.1. The quantitative estimate of drug-likeness (QED) is 0.485. The van der Waals surface area contributed by atoms with Gasteiger partial charge in [-0.15, -0.1) is 0 Å². The number of carbonyl (C=O) groups excluding carboxylic acids is 3. The average Bonchev–Trinajstić information content (AvgIpc) is 3.39. The highest BCUT2D eigenvalue weighted by Crippen LogP contribution is 2.32. The molecule has 9 heteroatoms. The molecule has 0 unspecified atom stereocenters. The van der Waals surface area contributed by atoms with Crippen molar-refractivity contribution < 1.29 is 19.1 Å². The molecule has 0 bridgehead atoms. The zero-order chi connectivity index (χ0) is 24.2. The van der Waals surface area contributed by atoms with E-state index in [0.29, 0.717) is 22.7 Å². The normalized spacial score (nSPS) is 15.9. The van der Waals surface area contributed by atoms with Crippen molar-refractivity contribution in [3.05, 3.63) is 70.6 Å². The van der Waals surface area contributed by atoms with Crippen molar-refractivity contribution in [1.82, 2.24) is 14.8 Å². The summed E-state index contributed by atoms with van der Waals surface area (Å²) in [5.41, 5.74) is 2.73. The smallest absolute Gasteiger partial charge is 0.261 e. The Kier molecular flexibility index (Phi) is 6.98. The highest BCUT2D eigenvalue weighted by Gasteiger charge is 2.34. The molecule has 0 atom stereocenters. The van der Waals surface area contributed by atoms with Crippen LogP contribution in [0.2, 0.25) is 0 Å². The Hall–Kier alpha value is -3.40. The number of morpholine rings is 1. The summed E-state index contributed by atoms with van der Waals surface area (Å²) in [6.45, 7) is 4.12.